The molecule has 3 heteroatoms. The fraction of sp³-hybridized carbons (Fsp3) is 0.900. The smallest absolute Gasteiger partial charge is 0.224 e. The molecule has 0 aromatic carbocycles. The number of rotatable bonds is 6. The van der Waals surface area contributed by atoms with Gasteiger partial charge in [-0.25, -0.2) is 0 Å². The van der Waals surface area contributed by atoms with Crippen molar-refractivity contribution in [3.63, 3.8) is 0 Å². The van der Waals surface area contributed by atoms with Crippen LogP contribution < -0.4 is 0 Å². The Labute approximate surface area is 81.1 Å². The fourth-order valence-corrected chi connectivity index (χ4v) is 1.22. The van der Waals surface area contributed by atoms with E-state index in [0.717, 1.165) is 13.0 Å². The highest BCUT2D eigenvalue weighted by Gasteiger charge is 2.16. The van der Waals surface area contributed by atoms with Gasteiger partial charge in [0.1, 0.15) is 6.23 Å². The van der Waals surface area contributed by atoms with Gasteiger partial charge in [-0.3, -0.25) is 4.79 Å². The third-order valence-corrected chi connectivity index (χ3v) is 1.97. The van der Waals surface area contributed by atoms with E-state index in [-0.39, 0.29) is 12.1 Å². The highest BCUT2D eigenvalue weighted by Crippen LogP contribution is 2.03. The maximum atomic E-state index is 11.4. The van der Waals surface area contributed by atoms with E-state index in [1.807, 2.05) is 20.8 Å². The zero-order valence-corrected chi connectivity index (χ0v) is 9.17. The molecule has 1 unspecified atom stereocenters. The molecule has 0 rings (SSSR count). The Balaban J connectivity index is 3.98. The molecule has 3 nitrogen and oxygen atoms in total. The average molecular weight is 187 g/mol. The summed E-state index contributed by atoms with van der Waals surface area (Å²) in [6.45, 7) is 9.26. The summed E-state index contributed by atoms with van der Waals surface area (Å²) in [6.07, 6.45) is 1.45. The molecule has 0 aliphatic carbocycles. The fourth-order valence-electron chi connectivity index (χ4n) is 1.22. The third kappa shape index (κ3) is 4.27. The van der Waals surface area contributed by atoms with Crippen molar-refractivity contribution in [3.05, 3.63) is 0 Å². The maximum absolute atomic E-state index is 11.4. The molecule has 0 radical (unpaired) electrons. The first-order chi connectivity index (χ1) is 6.17. The third-order valence-electron chi connectivity index (χ3n) is 1.97. The standard InChI is InChI=1S/C10H21NO2/c1-5-8-13-9(4)11(7-3)10(12)6-2/h9H,5-8H2,1-4H3. The molecular weight excluding hydrogens is 166 g/mol. The van der Waals surface area contributed by atoms with Gasteiger partial charge in [-0.1, -0.05) is 13.8 Å². The number of ether oxygens (including phenoxy) is 1. The normalized spacial score (nSPS) is 12.6. The van der Waals surface area contributed by atoms with Crippen LogP contribution in [-0.2, 0) is 9.53 Å². The van der Waals surface area contributed by atoms with Gasteiger partial charge in [0, 0.05) is 19.6 Å². The lowest BCUT2D eigenvalue weighted by Crippen LogP contribution is -2.39. The zero-order valence-electron chi connectivity index (χ0n) is 9.17. The molecule has 0 fully saturated rings. The van der Waals surface area contributed by atoms with Crippen molar-refractivity contribution in [1.82, 2.24) is 4.90 Å². The number of hydrogen-bond donors (Lipinski definition) is 0. The Morgan fingerprint density at radius 3 is 2.38 bits per heavy atom. The molecule has 0 heterocycles. The van der Waals surface area contributed by atoms with Gasteiger partial charge in [-0.2, -0.15) is 0 Å². The van der Waals surface area contributed by atoms with Crippen LogP contribution in [0.5, 0.6) is 0 Å². The van der Waals surface area contributed by atoms with Crippen molar-refractivity contribution < 1.29 is 9.53 Å². The summed E-state index contributed by atoms with van der Waals surface area (Å²) in [5, 5.41) is 0. The Morgan fingerprint density at radius 2 is 2.00 bits per heavy atom. The van der Waals surface area contributed by atoms with Gasteiger partial charge >= 0.3 is 0 Å². The minimum absolute atomic E-state index is 0.0857. The summed E-state index contributed by atoms with van der Waals surface area (Å²) in [7, 11) is 0. The van der Waals surface area contributed by atoms with Crippen LogP contribution >= 0.6 is 0 Å². The van der Waals surface area contributed by atoms with Crippen molar-refractivity contribution in [1.29, 1.82) is 0 Å². The van der Waals surface area contributed by atoms with E-state index in [1.165, 1.54) is 0 Å². The van der Waals surface area contributed by atoms with Crippen LogP contribution in [0.4, 0.5) is 0 Å². The molecule has 0 bridgehead atoms. The second-order valence-electron chi connectivity index (χ2n) is 3.00. The molecule has 0 N–H and O–H groups in total. The molecule has 13 heavy (non-hydrogen) atoms. The molecule has 0 spiro atoms. The van der Waals surface area contributed by atoms with Gasteiger partial charge in [-0.15, -0.1) is 0 Å². The SMILES string of the molecule is CCCOC(C)N(CC)C(=O)CC. The topological polar surface area (TPSA) is 29.5 Å². The Hall–Kier alpha value is -0.570. The summed E-state index contributed by atoms with van der Waals surface area (Å²) >= 11 is 0. The quantitative estimate of drug-likeness (QED) is 0.595. The summed E-state index contributed by atoms with van der Waals surface area (Å²) in [6, 6.07) is 0. The predicted octanol–water partition coefficient (Wildman–Crippen LogP) is 2.02. The Kier molecular flexibility index (Phi) is 6.59. The van der Waals surface area contributed by atoms with Crippen LogP contribution in [0.15, 0.2) is 0 Å². The molecule has 0 aromatic rings. The highest BCUT2D eigenvalue weighted by atomic mass is 16.5. The number of hydrogen-bond acceptors (Lipinski definition) is 2. The van der Waals surface area contributed by atoms with Crippen molar-refractivity contribution in [2.45, 2.75) is 46.8 Å². The van der Waals surface area contributed by atoms with Gasteiger partial charge in [0.25, 0.3) is 0 Å². The molecule has 78 valence electrons. The predicted molar refractivity (Wildman–Crippen MR) is 53.4 cm³/mol. The highest BCUT2D eigenvalue weighted by molar-refractivity contribution is 5.75. The zero-order chi connectivity index (χ0) is 10.3. The van der Waals surface area contributed by atoms with Crippen LogP contribution in [0.1, 0.15) is 40.5 Å². The molecule has 0 saturated heterocycles. The van der Waals surface area contributed by atoms with Crippen molar-refractivity contribution >= 4 is 5.91 Å². The Morgan fingerprint density at radius 1 is 1.38 bits per heavy atom. The average Bonchev–Trinajstić information content (AvgIpc) is 2.15. The largest absolute Gasteiger partial charge is 0.359 e. The van der Waals surface area contributed by atoms with E-state index in [0.29, 0.717) is 13.0 Å². The molecule has 0 aliphatic heterocycles. The number of amides is 1. The lowest BCUT2D eigenvalue weighted by Gasteiger charge is -2.27. The van der Waals surface area contributed by atoms with Crippen molar-refractivity contribution in [2.75, 3.05) is 13.2 Å². The molecule has 1 atom stereocenters. The minimum Gasteiger partial charge on any atom is -0.359 e. The van der Waals surface area contributed by atoms with E-state index in [9.17, 15) is 4.79 Å². The first kappa shape index (κ1) is 12.4. The van der Waals surface area contributed by atoms with Gasteiger partial charge < -0.3 is 9.64 Å². The van der Waals surface area contributed by atoms with Gasteiger partial charge in [0.15, 0.2) is 0 Å². The van der Waals surface area contributed by atoms with Crippen LogP contribution in [0.3, 0.4) is 0 Å². The second kappa shape index (κ2) is 6.89. The lowest BCUT2D eigenvalue weighted by atomic mass is 10.3. The van der Waals surface area contributed by atoms with Crippen molar-refractivity contribution in [2.24, 2.45) is 0 Å². The number of carbonyl (C=O) groups is 1. The molecule has 1 amide bonds. The number of nitrogens with zero attached hydrogens (tertiary/aromatic N) is 1. The first-order valence-electron chi connectivity index (χ1n) is 5.08. The Bertz CT molecular complexity index is 148. The molecule has 0 saturated carbocycles. The van der Waals surface area contributed by atoms with E-state index < -0.39 is 0 Å². The van der Waals surface area contributed by atoms with E-state index in [4.69, 9.17) is 4.74 Å². The second-order valence-corrected chi connectivity index (χ2v) is 3.00. The van der Waals surface area contributed by atoms with Gasteiger partial charge in [-0.05, 0) is 20.3 Å². The van der Waals surface area contributed by atoms with Gasteiger partial charge in [0.05, 0.1) is 0 Å². The van der Waals surface area contributed by atoms with Crippen LogP contribution in [0, 0.1) is 0 Å². The lowest BCUT2D eigenvalue weighted by molar-refractivity contribution is -0.143. The number of carbonyl (C=O) groups excluding carboxylic acids is 1. The van der Waals surface area contributed by atoms with Crippen LogP contribution in [-0.4, -0.2) is 30.2 Å². The molecule has 0 aliphatic rings. The molecular formula is C10H21NO2. The van der Waals surface area contributed by atoms with Crippen molar-refractivity contribution in [3.8, 4) is 0 Å². The van der Waals surface area contributed by atoms with Gasteiger partial charge in [0.2, 0.25) is 5.91 Å². The summed E-state index contributed by atoms with van der Waals surface area (Å²) < 4.78 is 5.47. The first-order valence-corrected chi connectivity index (χ1v) is 5.08. The summed E-state index contributed by atoms with van der Waals surface area (Å²) in [5.74, 6) is 0.158. The van der Waals surface area contributed by atoms with E-state index in [1.54, 1.807) is 4.90 Å². The monoisotopic (exact) mass is 187 g/mol. The minimum atomic E-state index is -0.0857. The maximum Gasteiger partial charge on any atom is 0.224 e. The van der Waals surface area contributed by atoms with E-state index >= 15 is 0 Å². The van der Waals surface area contributed by atoms with Crippen LogP contribution in [0.25, 0.3) is 0 Å². The summed E-state index contributed by atoms with van der Waals surface area (Å²) in [4.78, 5) is 13.2. The molecule has 0 aromatic heterocycles. The van der Waals surface area contributed by atoms with E-state index in [2.05, 4.69) is 6.92 Å². The van der Waals surface area contributed by atoms with Crippen LogP contribution in [0.2, 0.25) is 0 Å². The summed E-state index contributed by atoms with van der Waals surface area (Å²) in [5.41, 5.74) is 0.